The first-order valence-corrected chi connectivity index (χ1v) is 4.63. The van der Waals surface area contributed by atoms with Gasteiger partial charge >= 0.3 is 6.01 Å². The minimum atomic E-state index is 0.434. The molecular weight excluding hydrogens is 196 g/mol. The summed E-state index contributed by atoms with van der Waals surface area (Å²) in [4.78, 5) is 8.11. The number of hydrogen-bond acceptors (Lipinski definition) is 6. The van der Waals surface area contributed by atoms with Crippen molar-refractivity contribution in [3.05, 3.63) is 18.0 Å². The van der Waals surface area contributed by atoms with E-state index in [0.717, 1.165) is 12.2 Å². The smallest absolute Gasteiger partial charge is 0.321 e. The normalized spacial score (nSPS) is 10.5. The lowest BCUT2D eigenvalue weighted by molar-refractivity contribution is 0.425. The van der Waals surface area contributed by atoms with Crippen molar-refractivity contribution in [3.63, 3.8) is 0 Å². The van der Waals surface area contributed by atoms with E-state index in [1.54, 1.807) is 17.9 Å². The van der Waals surface area contributed by atoms with Crippen LogP contribution in [0, 0.1) is 6.92 Å². The van der Waals surface area contributed by atoms with Gasteiger partial charge in [0.1, 0.15) is 6.33 Å². The predicted molar refractivity (Wildman–Crippen MR) is 52.2 cm³/mol. The van der Waals surface area contributed by atoms with Crippen LogP contribution in [0.15, 0.2) is 10.9 Å². The van der Waals surface area contributed by atoms with E-state index < -0.39 is 0 Å². The molecule has 7 heteroatoms. The second-order valence-corrected chi connectivity index (χ2v) is 3.16. The molecule has 15 heavy (non-hydrogen) atoms. The fourth-order valence-electron chi connectivity index (χ4n) is 1.15. The van der Waals surface area contributed by atoms with Crippen LogP contribution in [0.1, 0.15) is 11.6 Å². The van der Waals surface area contributed by atoms with Gasteiger partial charge in [0, 0.05) is 20.0 Å². The maximum absolute atomic E-state index is 4.89. The van der Waals surface area contributed by atoms with Gasteiger partial charge in [-0.2, -0.15) is 10.1 Å². The fourth-order valence-corrected chi connectivity index (χ4v) is 1.15. The number of hydrogen-bond donors (Lipinski definition) is 1. The second-order valence-electron chi connectivity index (χ2n) is 3.16. The summed E-state index contributed by atoms with van der Waals surface area (Å²) < 4.78 is 6.56. The van der Waals surface area contributed by atoms with Gasteiger partial charge in [0.25, 0.3) is 0 Å². The minimum absolute atomic E-state index is 0.434. The highest BCUT2D eigenvalue weighted by Gasteiger charge is 2.02. The first kappa shape index (κ1) is 9.63. The lowest BCUT2D eigenvalue weighted by Crippen LogP contribution is -2.06. The number of anilines is 1. The highest BCUT2D eigenvalue weighted by Crippen LogP contribution is 2.01. The molecule has 0 bridgehead atoms. The lowest BCUT2D eigenvalue weighted by atomic mass is 10.4. The van der Waals surface area contributed by atoms with Crippen molar-refractivity contribution in [1.29, 1.82) is 0 Å². The molecule has 0 atom stereocenters. The number of rotatable bonds is 4. The maximum atomic E-state index is 4.89. The van der Waals surface area contributed by atoms with Crippen LogP contribution in [0.25, 0.3) is 0 Å². The zero-order chi connectivity index (χ0) is 10.7. The van der Waals surface area contributed by atoms with E-state index in [2.05, 4.69) is 25.5 Å². The van der Waals surface area contributed by atoms with Gasteiger partial charge in [-0.25, -0.2) is 4.98 Å². The monoisotopic (exact) mass is 208 g/mol. The minimum Gasteiger partial charge on any atom is -0.337 e. The first-order chi connectivity index (χ1) is 7.24. The van der Waals surface area contributed by atoms with E-state index >= 15 is 0 Å². The molecule has 0 aliphatic carbocycles. The topological polar surface area (TPSA) is 81.7 Å². The lowest BCUT2D eigenvalue weighted by Gasteiger charge is -1.96. The molecule has 2 heterocycles. The summed E-state index contributed by atoms with van der Waals surface area (Å²) in [6, 6.07) is 0.434. The zero-order valence-corrected chi connectivity index (χ0v) is 8.64. The standard InChI is InChI=1S/C8H12N6O/c1-6-11-8(15-13-6)9-4-3-7-10-5-14(2)12-7/h5H,3-4H2,1-2H3,(H,9,11,13). The Morgan fingerprint density at radius 3 is 3.00 bits per heavy atom. The van der Waals surface area contributed by atoms with Gasteiger partial charge in [0.15, 0.2) is 11.6 Å². The van der Waals surface area contributed by atoms with E-state index in [-0.39, 0.29) is 0 Å². The quantitative estimate of drug-likeness (QED) is 0.770. The molecular formula is C8H12N6O. The summed E-state index contributed by atoms with van der Waals surface area (Å²) in [5, 5.41) is 10.8. The highest BCUT2D eigenvalue weighted by molar-refractivity contribution is 5.17. The predicted octanol–water partition coefficient (Wildman–Crippen LogP) is 0.161. The summed E-state index contributed by atoms with van der Waals surface area (Å²) in [6.45, 7) is 2.45. The molecule has 7 nitrogen and oxygen atoms in total. The maximum Gasteiger partial charge on any atom is 0.321 e. The molecule has 0 aliphatic rings. The third-order valence-corrected chi connectivity index (χ3v) is 1.80. The Morgan fingerprint density at radius 2 is 2.40 bits per heavy atom. The third-order valence-electron chi connectivity index (χ3n) is 1.80. The Kier molecular flexibility index (Phi) is 2.61. The van der Waals surface area contributed by atoms with Gasteiger partial charge in [-0.3, -0.25) is 4.68 Å². The molecule has 0 fully saturated rings. The molecule has 0 saturated heterocycles. The average Bonchev–Trinajstić information content (AvgIpc) is 2.76. The molecule has 0 aliphatic heterocycles. The third kappa shape index (κ3) is 2.52. The first-order valence-electron chi connectivity index (χ1n) is 4.63. The molecule has 0 radical (unpaired) electrons. The van der Waals surface area contributed by atoms with E-state index in [9.17, 15) is 0 Å². The molecule has 0 unspecified atom stereocenters. The zero-order valence-electron chi connectivity index (χ0n) is 8.64. The van der Waals surface area contributed by atoms with E-state index in [1.165, 1.54) is 0 Å². The molecule has 1 N–H and O–H groups in total. The molecule has 80 valence electrons. The number of nitrogens with zero attached hydrogens (tertiary/aromatic N) is 5. The van der Waals surface area contributed by atoms with Crippen molar-refractivity contribution >= 4 is 6.01 Å². The van der Waals surface area contributed by atoms with E-state index in [4.69, 9.17) is 4.52 Å². The van der Waals surface area contributed by atoms with Crippen LogP contribution in [-0.2, 0) is 13.5 Å². The molecule has 0 spiro atoms. The van der Waals surface area contributed by atoms with Gasteiger partial charge in [-0.05, 0) is 6.92 Å². The van der Waals surface area contributed by atoms with Crippen LogP contribution >= 0.6 is 0 Å². The Labute approximate surface area is 86.5 Å². The van der Waals surface area contributed by atoms with Crippen LogP contribution in [-0.4, -0.2) is 31.4 Å². The van der Waals surface area contributed by atoms with Crippen molar-refractivity contribution in [1.82, 2.24) is 24.9 Å². The Hall–Kier alpha value is -1.92. The molecule has 0 amide bonds. The summed E-state index contributed by atoms with van der Waals surface area (Å²) in [6.07, 6.45) is 2.40. The summed E-state index contributed by atoms with van der Waals surface area (Å²) in [7, 11) is 1.84. The average molecular weight is 208 g/mol. The van der Waals surface area contributed by atoms with Gasteiger partial charge < -0.3 is 9.84 Å². The van der Waals surface area contributed by atoms with Crippen molar-refractivity contribution in [2.24, 2.45) is 7.05 Å². The molecule has 0 saturated carbocycles. The number of aryl methyl sites for hydroxylation is 2. The van der Waals surface area contributed by atoms with Gasteiger partial charge in [-0.15, -0.1) is 0 Å². The summed E-state index contributed by atoms with van der Waals surface area (Å²) >= 11 is 0. The van der Waals surface area contributed by atoms with Crippen LogP contribution < -0.4 is 5.32 Å². The van der Waals surface area contributed by atoms with Crippen LogP contribution in [0.2, 0.25) is 0 Å². The Bertz CT molecular complexity index is 394. The van der Waals surface area contributed by atoms with Crippen molar-refractivity contribution in [3.8, 4) is 0 Å². The number of aromatic nitrogens is 5. The highest BCUT2D eigenvalue weighted by atomic mass is 16.5. The van der Waals surface area contributed by atoms with Crippen molar-refractivity contribution in [2.75, 3.05) is 11.9 Å². The van der Waals surface area contributed by atoms with E-state index in [1.807, 2.05) is 7.05 Å². The molecule has 2 aromatic rings. The number of nitrogens with one attached hydrogen (secondary N) is 1. The van der Waals surface area contributed by atoms with Crippen molar-refractivity contribution < 1.29 is 4.52 Å². The van der Waals surface area contributed by atoms with Crippen LogP contribution in [0.4, 0.5) is 6.01 Å². The Morgan fingerprint density at radius 1 is 1.53 bits per heavy atom. The van der Waals surface area contributed by atoms with E-state index in [0.29, 0.717) is 18.4 Å². The SMILES string of the molecule is Cc1noc(NCCc2ncn(C)n2)n1. The Balaban J connectivity index is 1.80. The fraction of sp³-hybridized carbons (Fsp3) is 0.500. The van der Waals surface area contributed by atoms with Gasteiger partial charge in [-0.1, -0.05) is 5.16 Å². The summed E-state index contributed by atoms with van der Waals surface area (Å²) in [5.41, 5.74) is 0. The molecule has 2 rings (SSSR count). The molecule has 0 aromatic carbocycles. The van der Waals surface area contributed by atoms with Crippen LogP contribution in [0.3, 0.4) is 0 Å². The van der Waals surface area contributed by atoms with Crippen molar-refractivity contribution in [2.45, 2.75) is 13.3 Å². The largest absolute Gasteiger partial charge is 0.337 e. The summed E-state index contributed by atoms with van der Waals surface area (Å²) in [5.74, 6) is 1.41. The van der Waals surface area contributed by atoms with Gasteiger partial charge in [0.05, 0.1) is 0 Å². The second kappa shape index (κ2) is 4.07. The molecule has 2 aromatic heterocycles. The van der Waals surface area contributed by atoms with Gasteiger partial charge in [0.2, 0.25) is 0 Å². The van der Waals surface area contributed by atoms with Crippen LogP contribution in [0.5, 0.6) is 0 Å².